The second-order valence-electron chi connectivity index (χ2n) is 4.91. The Morgan fingerprint density at radius 3 is 2.79 bits per heavy atom. The summed E-state index contributed by atoms with van der Waals surface area (Å²) in [5.41, 5.74) is 9.42. The van der Waals surface area contributed by atoms with Gasteiger partial charge in [-0.3, -0.25) is 0 Å². The Balaban J connectivity index is 1.90. The topological polar surface area (TPSA) is 55.0 Å². The Morgan fingerprint density at radius 1 is 1.21 bits per heavy atom. The molecular formula is C15H18N4. The summed E-state index contributed by atoms with van der Waals surface area (Å²) in [5, 5.41) is 0. The smallest absolute Gasteiger partial charge is 0.132 e. The van der Waals surface area contributed by atoms with Crippen LogP contribution in [0.2, 0.25) is 0 Å². The number of benzene rings is 1. The highest BCUT2D eigenvalue weighted by Gasteiger charge is 2.17. The van der Waals surface area contributed by atoms with Gasteiger partial charge in [-0.1, -0.05) is 24.3 Å². The second kappa shape index (κ2) is 4.97. The summed E-state index contributed by atoms with van der Waals surface area (Å²) in [6.45, 7) is 4.29. The number of nitrogens with two attached hydrogens (primary N) is 1. The van der Waals surface area contributed by atoms with E-state index in [1.807, 2.05) is 13.0 Å². The minimum absolute atomic E-state index is 0.459. The van der Waals surface area contributed by atoms with Gasteiger partial charge in [-0.2, -0.15) is 0 Å². The van der Waals surface area contributed by atoms with E-state index in [4.69, 9.17) is 5.73 Å². The first-order chi connectivity index (χ1) is 9.26. The first-order valence-corrected chi connectivity index (χ1v) is 6.62. The van der Waals surface area contributed by atoms with Crippen LogP contribution in [-0.4, -0.2) is 16.5 Å². The molecule has 98 valence electrons. The third-order valence-corrected chi connectivity index (χ3v) is 3.54. The van der Waals surface area contributed by atoms with Crippen molar-refractivity contribution in [1.82, 2.24) is 9.97 Å². The van der Waals surface area contributed by atoms with Crippen LogP contribution in [0.1, 0.15) is 22.6 Å². The third kappa shape index (κ3) is 2.44. The van der Waals surface area contributed by atoms with Gasteiger partial charge < -0.3 is 10.6 Å². The van der Waals surface area contributed by atoms with E-state index in [0.29, 0.717) is 6.54 Å². The molecule has 4 nitrogen and oxygen atoms in total. The van der Waals surface area contributed by atoms with Crippen LogP contribution in [0.15, 0.2) is 30.3 Å². The normalized spacial score (nSPS) is 14.3. The molecule has 2 N–H and O–H groups in total. The predicted octanol–water partition coefficient (Wildman–Crippen LogP) is 1.81. The summed E-state index contributed by atoms with van der Waals surface area (Å²) in [6, 6.07) is 10.6. The van der Waals surface area contributed by atoms with Gasteiger partial charge in [0.2, 0.25) is 0 Å². The Bertz CT molecular complexity index is 594. The molecule has 1 aromatic heterocycles. The van der Waals surface area contributed by atoms with Crippen LogP contribution in [0, 0.1) is 6.92 Å². The van der Waals surface area contributed by atoms with Crippen LogP contribution in [0.25, 0.3) is 0 Å². The van der Waals surface area contributed by atoms with Crippen molar-refractivity contribution in [3.63, 3.8) is 0 Å². The SMILES string of the molecule is Cc1nc(CN)cc(N2CCc3ccccc3C2)n1. The number of anilines is 1. The van der Waals surface area contributed by atoms with Gasteiger partial charge in [-0.25, -0.2) is 9.97 Å². The third-order valence-electron chi connectivity index (χ3n) is 3.54. The van der Waals surface area contributed by atoms with Crippen molar-refractivity contribution in [2.75, 3.05) is 11.4 Å². The van der Waals surface area contributed by atoms with E-state index in [1.54, 1.807) is 0 Å². The zero-order valence-electron chi connectivity index (χ0n) is 11.1. The van der Waals surface area contributed by atoms with Gasteiger partial charge in [0.1, 0.15) is 11.6 Å². The summed E-state index contributed by atoms with van der Waals surface area (Å²) >= 11 is 0. The van der Waals surface area contributed by atoms with Crippen molar-refractivity contribution >= 4 is 5.82 Å². The zero-order chi connectivity index (χ0) is 13.2. The molecule has 0 bridgehead atoms. The largest absolute Gasteiger partial charge is 0.352 e. The van der Waals surface area contributed by atoms with Gasteiger partial charge in [0, 0.05) is 25.7 Å². The summed E-state index contributed by atoms with van der Waals surface area (Å²) in [4.78, 5) is 11.2. The van der Waals surface area contributed by atoms with Crippen LogP contribution < -0.4 is 10.6 Å². The summed E-state index contributed by atoms with van der Waals surface area (Å²) < 4.78 is 0. The Labute approximate surface area is 113 Å². The van der Waals surface area contributed by atoms with Crippen LogP contribution >= 0.6 is 0 Å². The van der Waals surface area contributed by atoms with E-state index >= 15 is 0 Å². The van der Waals surface area contributed by atoms with E-state index in [9.17, 15) is 0 Å². The molecule has 2 aromatic rings. The molecule has 2 heterocycles. The first kappa shape index (κ1) is 12.1. The molecule has 0 saturated heterocycles. The maximum absolute atomic E-state index is 5.68. The Morgan fingerprint density at radius 2 is 2.00 bits per heavy atom. The van der Waals surface area contributed by atoms with Gasteiger partial charge in [0.05, 0.1) is 5.69 Å². The van der Waals surface area contributed by atoms with E-state index in [0.717, 1.165) is 36.8 Å². The highest BCUT2D eigenvalue weighted by Crippen LogP contribution is 2.23. The minimum atomic E-state index is 0.459. The molecule has 0 radical (unpaired) electrons. The molecule has 0 fully saturated rings. The molecule has 0 amide bonds. The lowest BCUT2D eigenvalue weighted by molar-refractivity contribution is 0.714. The molecule has 19 heavy (non-hydrogen) atoms. The molecule has 0 aliphatic carbocycles. The quantitative estimate of drug-likeness (QED) is 0.888. The van der Waals surface area contributed by atoms with Crippen LogP contribution in [0.5, 0.6) is 0 Å². The standard InChI is InChI=1S/C15H18N4/c1-11-17-14(9-16)8-15(18-11)19-7-6-12-4-2-3-5-13(12)10-19/h2-5,8H,6-7,9-10,16H2,1H3. The van der Waals surface area contributed by atoms with Crippen LogP contribution in [-0.2, 0) is 19.5 Å². The van der Waals surface area contributed by atoms with Crippen molar-refractivity contribution in [3.8, 4) is 0 Å². The van der Waals surface area contributed by atoms with Gasteiger partial charge in [-0.05, 0) is 24.5 Å². The van der Waals surface area contributed by atoms with Crippen molar-refractivity contribution in [2.24, 2.45) is 5.73 Å². The second-order valence-corrected chi connectivity index (χ2v) is 4.91. The fourth-order valence-corrected chi connectivity index (χ4v) is 2.57. The van der Waals surface area contributed by atoms with Crippen molar-refractivity contribution in [3.05, 3.63) is 53.0 Å². The number of fused-ring (bicyclic) bond motifs is 1. The lowest BCUT2D eigenvalue weighted by atomic mass is 10.00. The monoisotopic (exact) mass is 254 g/mol. The predicted molar refractivity (Wildman–Crippen MR) is 75.9 cm³/mol. The first-order valence-electron chi connectivity index (χ1n) is 6.62. The molecular weight excluding hydrogens is 236 g/mol. The zero-order valence-corrected chi connectivity index (χ0v) is 11.1. The highest BCUT2D eigenvalue weighted by atomic mass is 15.2. The number of hydrogen-bond donors (Lipinski definition) is 1. The minimum Gasteiger partial charge on any atom is -0.352 e. The molecule has 0 saturated carbocycles. The molecule has 0 spiro atoms. The number of aromatic nitrogens is 2. The van der Waals surface area contributed by atoms with E-state index in [-0.39, 0.29) is 0 Å². The maximum Gasteiger partial charge on any atom is 0.132 e. The fraction of sp³-hybridized carbons (Fsp3) is 0.333. The molecule has 0 atom stereocenters. The number of hydrogen-bond acceptors (Lipinski definition) is 4. The molecule has 1 aliphatic heterocycles. The van der Waals surface area contributed by atoms with E-state index in [1.165, 1.54) is 11.1 Å². The highest BCUT2D eigenvalue weighted by molar-refractivity contribution is 5.45. The molecule has 0 unspecified atom stereocenters. The summed E-state index contributed by atoms with van der Waals surface area (Å²) in [6.07, 6.45) is 1.07. The molecule has 1 aromatic carbocycles. The average molecular weight is 254 g/mol. The van der Waals surface area contributed by atoms with E-state index < -0.39 is 0 Å². The lowest BCUT2D eigenvalue weighted by Crippen LogP contribution is -2.31. The number of nitrogens with zero attached hydrogens (tertiary/aromatic N) is 3. The molecule has 3 rings (SSSR count). The van der Waals surface area contributed by atoms with Crippen LogP contribution in [0.4, 0.5) is 5.82 Å². The van der Waals surface area contributed by atoms with Crippen molar-refractivity contribution in [1.29, 1.82) is 0 Å². The van der Waals surface area contributed by atoms with Crippen molar-refractivity contribution < 1.29 is 0 Å². The number of rotatable bonds is 2. The van der Waals surface area contributed by atoms with Gasteiger partial charge >= 0.3 is 0 Å². The van der Waals surface area contributed by atoms with Crippen molar-refractivity contribution in [2.45, 2.75) is 26.4 Å². The lowest BCUT2D eigenvalue weighted by Gasteiger charge is -2.30. The van der Waals surface area contributed by atoms with E-state index in [2.05, 4.69) is 39.1 Å². The summed E-state index contributed by atoms with van der Waals surface area (Å²) in [5.74, 6) is 1.78. The fourth-order valence-electron chi connectivity index (χ4n) is 2.57. The Kier molecular flexibility index (Phi) is 3.17. The Hall–Kier alpha value is -1.94. The van der Waals surface area contributed by atoms with Gasteiger partial charge in [-0.15, -0.1) is 0 Å². The van der Waals surface area contributed by atoms with Crippen LogP contribution in [0.3, 0.4) is 0 Å². The molecule has 1 aliphatic rings. The van der Waals surface area contributed by atoms with Gasteiger partial charge in [0.15, 0.2) is 0 Å². The molecule has 4 heteroatoms. The maximum atomic E-state index is 5.68. The number of aryl methyl sites for hydroxylation is 1. The summed E-state index contributed by atoms with van der Waals surface area (Å²) in [7, 11) is 0. The average Bonchev–Trinajstić information content (AvgIpc) is 2.46. The van der Waals surface area contributed by atoms with Gasteiger partial charge in [0.25, 0.3) is 0 Å².